The van der Waals surface area contributed by atoms with Gasteiger partial charge in [0.2, 0.25) is 5.91 Å². The molecule has 4 fully saturated rings. The second kappa shape index (κ2) is 5.35. The molecule has 124 valence electrons. The SMILES string of the molecule is O=C(CCn1ccc(C(=O)O)n1)NC12CC3CC(CC(C3)C1)C2. The van der Waals surface area contributed by atoms with Gasteiger partial charge in [-0.3, -0.25) is 9.48 Å². The van der Waals surface area contributed by atoms with E-state index in [1.54, 1.807) is 6.20 Å². The van der Waals surface area contributed by atoms with E-state index in [0.717, 1.165) is 37.0 Å². The fourth-order valence-electron chi connectivity index (χ4n) is 5.44. The summed E-state index contributed by atoms with van der Waals surface area (Å²) >= 11 is 0. The Hall–Kier alpha value is -1.85. The molecule has 0 aliphatic heterocycles. The average molecular weight is 317 g/mol. The highest BCUT2D eigenvalue weighted by atomic mass is 16.4. The van der Waals surface area contributed by atoms with E-state index < -0.39 is 5.97 Å². The number of rotatable bonds is 5. The number of hydrogen-bond donors (Lipinski definition) is 2. The average Bonchev–Trinajstić information content (AvgIpc) is 2.92. The van der Waals surface area contributed by atoms with Crippen molar-refractivity contribution in [2.24, 2.45) is 17.8 Å². The largest absolute Gasteiger partial charge is 0.476 e. The summed E-state index contributed by atoms with van der Waals surface area (Å²) in [6, 6.07) is 1.46. The Balaban J connectivity index is 1.34. The van der Waals surface area contributed by atoms with Gasteiger partial charge >= 0.3 is 5.97 Å². The molecule has 4 saturated carbocycles. The molecule has 23 heavy (non-hydrogen) atoms. The maximum Gasteiger partial charge on any atom is 0.356 e. The number of hydrogen-bond acceptors (Lipinski definition) is 3. The third-order valence-electron chi connectivity index (χ3n) is 5.87. The van der Waals surface area contributed by atoms with E-state index in [0.29, 0.717) is 13.0 Å². The van der Waals surface area contributed by atoms with Crippen LogP contribution in [0.15, 0.2) is 12.3 Å². The topological polar surface area (TPSA) is 84.2 Å². The van der Waals surface area contributed by atoms with Crippen LogP contribution in [0.4, 0.5) is 0 Å². The molecule has 2 N–H and O–H groups in total. The Morgan fingerprint density at radius 3 is 2.35 bits per heavy atom. The van der Waals surface area contributed by atoms with Crippen molar-refractivity contribution < 1.29 is 14.7 Å². The van der Waals surface area contributed by atoms with Crippen molar-refractivity contribution in [3.8, 4) is 0 Å². The third-order valence-corrected chi connectivity index (χ3v) is 5.87. The number of carbonyl (C=O) groups is 2. The van der Waals surface area contributed by atoms with Gasteiger partial charge in [-0.2, -0.15) is 5.10 Å². The summed E-state index contributed by atoms with van der Waals surface area (Å²) in [6.45, 7) is 0.422. The Morgan fingerprint density at radius 1 is 1.22 bits per heavy atom. The highest BCUT2D eigenvalue weighted by Gasteiger charge is 2.51. The van der Waals surface area contributed by atoms with Crippen LogP contribution in [-0.4, -0.2) is 32.3 Å². The summed E-state index contributed by atoms with van der Waals surface area (Å²) in [4.78, 5) is 23.2. The Labute approximate surface area is 135 Å². The molecule has 6 heteroatoms. The Kier molecular flexibility index (Phi) is 3.43. The van der Waals surface area contributed by atoms with E-state index in [-0.39, 0.29) is 17.1 Å². The van der Waals surface area contributed by atoms with Gasteiger partial charge in [0.25, 0.3) is 0 Å². The second-order valence-electron chi connectivity index (χ2n) is 7.77. The van der Waals surface area contributed by atoms with Crippen LogP contribution in [-0.2, 0) is 11.3 Å². The molecule has 0 atom stereocenters. The van der Waals surface area contributed by atoms with Gasteiger partial charge in [-0.1, -0.05) is 0 Å². The molecule has 1 aromatic heterocycles. The van der Waals surface area contributed by atoms with E-state index in [9.17, 15) is 9.59 Å². The molecule has 0 aromatic carbocycles. The van der Waals surface area contributed by atoms with Crippen molar-refractivity contribution in [1.82, 2.24) is 15.1 Å². The van der Waals surface area contributed by atoms with E-state index in [4.69, 9.17) is 5.11 Å². The molecule has 4 aliphatic carbocycles. The van der Waals surface area contributed by atoms with E-state index in [1.165, 1.54) is 30.0 Å². The molecule has 1 amide bonds. The summed E-state index contributed by atoms with van der Waals surface area (Å²) in [7, 11) is 0. The van der Waals surface area contributed by atoms with Crippen LogP contribution >= 0.6 is 0 Å². The summed E-state index contributed by atoms with van der Waals surface area (Å²) in [5, 5.41) is 16.1. The van der Waals surface area contributed by atoms with Crippen molar-refractivity contribution in [2.75, 3.05) is 0 Å². The second-order valence-corrected chi connectivity index (χ2v) is 7.77. The number of aryl methyl sites for hydroxylation is 1. The lowest BCUT2D eigenvalue weighted by atomic mass is 9.53. The first kappa shape index (κ1) is 14.7. The van der Waals surface area contributed by atoms with E-state index in [2.05, 4.69) is 10.4 Å². The fourth-order valence-corrected chi connectivity index (χ4v) is 5.44. The summed E-state index contributed by atoms with van der Waals surface area (Å²) in [6.07, 6.45) is 9.49. The zero-order valence-electron chi connectivity index (χ0n) is 13.2. The number of nitrogens with one attached hydrogen (secondary N) is 1. The van der Waals surface area contributed by atoms with Crippen LogP contribution in [0.3, 0.4) is 0 Å². The summed E-state index contributed by atoms with van der Waals surface area (Å²) in [5.74, 6) is 1.46. The van der Waals surface area contributed by atoms with Gasteiger partial charge in [0.1, 0.15) is 0 Å². The predicted octanol–water partition coefficient (Wildman–Crippen LogP) is 2.06. The van der Waals surface area contributed by atoms with Crippen molar-refractivity contribution in [3.05, 3.63) is 18.0 Å². The maximum absolute atomic E-state index is 12.4. The molecule has 0 radical (unpaired) electrons. The van der Waals surface area contributed by atoms with Gasteiger partial charge in [-0.25, -0.2) is 4.79 Å². The van der Waals surface area contributed by atoms with Gasteiger partial charge in [0, 0.05) is 24.7 Å². The predicted molar refractivity (Wildman–Crippen MR) is 82.8 cm³/mol. The molecule has 1 aromatic rings. The molecule has 6 nitrogen and oxygen atoms in total. The number of aromatic nitrogens is 2. The molecule has 1 heterocycles. The van der Waals surface area contributed by atoms with Crippen LogP contribution in [0.1, 0.15) is 55.4 Å². The standard InChI is InChI=1S/C17H23N3O3/c21-15(2-4-20-3-1-14(19-20)16(22)23)18-17-8-11-5-12(9-17)7-13(6-11)10-17/h1,3,11-13H,2,4-10H2,(H,18,21)(H,22,23). The van der Waals surface area contributed by atoms with Crippen LogP contribution in [0.2, 0.25) is 0 Å². The van der Waals surface area contributed by atoms with Crippen LogP contribution in [0.25, 0.3) is 0 Å². The van der Waals surface area contributed by atoms with Gasteiger partial charge < -0.3 is 10.4 Å². The molecule has 0 unspecified atom stereocenters. The molecular weight excluding hydrogens is 294 g/mol. The molecule has 4 bridgehead atoms. The van der Waals surface area contributed by atoms with Crippen molar-refractivity contribution in [1.29, 1.82) is 0 Å². The van der Waals surface area contributed by atoms with Gasteiger partial charge in [0.15, 0.2) is 5.69 Å². The number of carboxylic acids is 1. The molecule has 0 saturated heterocycles. The van der Waals surface area contributed by atoms with Gasteiger partial charge in [-0.15, -0.1) is 0 Å². The van der Waals surface area contributed by atoms with Crippen molar-refractivity contribution in [3.63, 3.8) is 0 Å². The van der Waals surface area contributed by atoms with E-state index in [1.807, 2.05) is 0 Å². The lowest BCUT2D eigenvalue weighted by molar-refractivity contribution is -0.127. The number of amides is 1. The zero-order chi connectivity index (χ0) is 16.0. The Bertz CT molecular complexity index is 601. The monoisotopic (exact) mass is 317 g/mol. The lowest BCUT2D eigenvalue weighted by Gasteiger charge is -2.56. The highest BCUT2D eigenvalue weighted by molar-refractivity contribution is 5.85. The number of carbonyl (C=O) groups excluding carboxylic acids is 1. The summed E-state index contributed by atoms with van der Waals surface area (Å²) < 4.78 is 1.53. The molecule has 4 aliphatic rings. The Morgan fingerprint density at radius 2 is 1.83 bits per heavy atom. The first-order chi connectivity index (χ1) is 11.0. The number of aromatic carboxylic acids is 1. The van der Waals surface area contributed by atoms with Gasteiger partial charge in [0.05, 0.1) is 0 Å². The molecule has 0 spiro atoms. The lowest BCUT2D eigenvalue weighted by Crippen LogP contribution is -2.59. The minimum absolute atomic E-state index is 0.0199. The third kappa shape index (κ3) is 2.86. The highest BCUT2D eigenvalue weighted by Crippen LogP contribution is 2.55. The van der Waals surface area contributed by atoms with Crippen molar-refractivity contribution >= 4 is 11.9 Å². The first-order valence-electron chi connectivity index (χ1n) is 8.59. The number of nitrogens with zero attached hydrogens (tertiary/aromatic N) is 2. The molecular formula is C17H23N3O3. The van der Waals surface area contributed by atoms with Crippen LogP contribution in [0.5, 0.6) is 0 Å². The zero-order valence-corrected chi connectivity index (χ0v) is 13.2. The first-order valence-corrected chi connectivity index (χ1v) is 8.59. The van der Waals surface area contributed by atoms with Crippen LogP contribution in [0, 0.1) is 17.8 Å². The summed E-state index contributed by atoms with van der Waals surface area (Å²) in [5.41, 5.74) is 0.0637. The fraction of sp³-hybridized carbons (Fsp3) is 0.706. The molecule has 5 rings (SSSR count). The smallest absolute Gasteiger partial charge is 0.356 e. The minimum Gasteiger partial charge on any atom is -0.476 e. The van der Waals surface area contributed by atoms with Crippen molar-refractivity contribution in [2.45, 2.75) is 57.0 Å². The normalized spacial score (nSPS) is 34.5. The van der Waals surface area contributed by atoms with E-state index >= 15 is 0 Å². The van der Waals surface area contributed by atoms with Crippen LogP contribution < -0.4 is 5.32 Å². The quantitative estimate of drug-likeness (QED) is 0.870. The number of carboxylic acid groups (broad SMARTS) is 1. The van der Waals surface area contributed by atoms with Gasteiger partial charge in [-0.05, 0) is 62.3 Å². The maximum atomic E-state index is 12.4. The minimum atomic E-state index is -1.04.